The van der Waals surface area contributed by atoms with Crippen LogP contribution in [0.2, 0.25) is 0 Å². The lowest BCUT2D eigenvalue weighted by molar-refractivity contribution is -0.145. The first kappa shape index (κ1) is 20.5. The minimum absolute atomic E-state index is 0.0178. The molecule has 1 aliphatic carbocycles. The lowest BCUT2D eigenvalue weighted by atomic mass is 9.83. The fraction of sp³-hybridized carbons (Fsp3) is 0.458. The van der Waals surface area contributed by atoms with E-state index in [0.717, 1.165) is 43.2 Å². The minimum atomic E-state index is -0.301. The number of piperidine rings is 1. The maximum absolute atomic E-state index is 13.2. The quantitative estimate of drug-likeness (QED) is 0.733. The van der Waals surface area contributed by atoms with Gasteiger partial charge in [0.05, 0.1) is 6.42 Å². The van der Waals surface area contributed by atoms with Gasteiger partial charge in [-0.05, 0) is 55.0 Å². The van der Waals surface area contributed by atoms with Gasteiger partial charge in [0.25, 0.3) is 0 Å². The number of likely N-dealkylation sites (tertiary alicyclic amines) is 1. The summed E-state index contributed by atoms with van der Waals surface area (Å²) in [6.45, 7) is 1.79. The monoisotopic (exact) mass is 409 g/mol. The molecule has 6 heteroatoms. The first-order chi connectivity index (χ1) is 14.6. The van der Waals surface area contributed by atoms with E-state index >= 15 is 0 Å². The second kappa shape index (κ2) is 9.37. The van der Waals surface area contributed by atoms with Crippen LogP contribution in [0.4, 0.5) is 4.39 Å². The van der Waals surface area contributed by atoms with Gasteiger partial charge in [0.1, 0.15) is 5.82 Å². The molecule has 5 nitrogen and oxygen atoms in total. The van der Waals surface area contributed by atoms with Gasteiger partial charge in [-0.1, -0.05) is 24.6 Å². The van der Waals surface area contributed by atoms with Crippen molar-refractivity contribution in [1.82, 2.24) is 14.8 Å². The van der Waals surface area contributed by atoms with E-state index in [0.29, 0.717) is 19.6 Å². The number of aromatic nitrogens is 1. The number of hydrogen-bond donors (Lipinski definition) is 0. The number of pyridine rings is 1. The molecule has 2 fully saturated rings. The summed E-state index contributed by atoms with van der Waals surface area (Å²) >= 11 is 0. The molecule has 0 N–H and O–H groups in total. The molecule has 2 aliphatic rings. The van der Waals surface area contributed by atoms with Crippen molar-refractivity contribution in [2.24, 2.45) is 5.92 Å². The van der Waals surface area contributed by atoms with Gasteiger partial charge in [-0.2, -0.15) is 0 Å². The summed E-state index contributed by atoms with van der Waals surface area (Å²) in [7, 11) is 0. The van der Waals surface area contributed by atoms with Crippen molar-refractivity contribution in [1.29, 1.82) is 0 Å². The molecular formula is C24H28FN3O2. The molecular weight excluding hydrogens is 381 g/mol. The third kappa shape index (κ3) is 4.86. The van der Waals surface area contributed by atoms with Gasteiger partial charge < -0.3 is 9.80 Å². The highest BCUT2D eigenvalue weighted by atomic mass is 19.1. The molecule has 4 rings (SSSR count). The standard InChI is InChI=1S/C24H28FN3O2/c25-21-10-8-18(9-11-21)14-23(29)27-13-3-7-22(17-27)28(24(30)20-5-1-6-20)16-19-4-2-12-26-15-19/h2,4,8-12,15,20,22H,1,3,5-7,13-14,16-17H2. The summed E-state index contributed by atoms with van der Waals surface area (Å²) in [5.74, 6) is 0.0587. The minimum Gasteiger partial charge on any atom is -0.340 e. The van der Waals surface area contributed by atoms with Crippen LogP contribution in [0.5, 0.6) is 0 Å². The van der Waals surface area contributed by atoms with E-state index in [4.69, 9.17) is 0 Å². The van der Waals surface area contributed by atoms with E-state index in [1.165, 1.54) is 12.1 Å². The number of hydrogen-bond acceptors (Lipinski definition) is 3. The second-order valence-electron chi connectivity index (χ2n) is 8.39. The van der Waals surface area contributed by atoms with Gasteiger partial charge in [0.15, 0.2) is 0 Å². The van der Waals surface area contributed by atoms with Gasteiger partial charge in [-0.25, -0.2) is 4.39 Å². The molecule has 30 heavy (non-hydrogen) atoms. The molecule has 1 unspecified atom stereocenters. The molecule has 1 atom stereocenters. The van der Waals surface area contributed by atoms with Crippen LogP contribution in [0.1, 0.15) is 43.2 Å². The predicted octanol–water partition coefficient (Wildman–Crippen LogP) is 3.58. The Labute approximate surface area is 176 Å². The summed E-state index contributed by atoms with van der Waals surface area (Å²) in [5.41, 5.74) is 1.82. The third-order valence-electron chi connectivity index (χ3n) is 6.27. The van der Waals surface area contributed by atoms with Crippen molar-refractivity contribution in [3.63, 3.8) is 0 Å². The van der Waals surface area contributed by atoms with Crippen LogP contribution in [0, 0.1) is 11.7 Å². The highest BCUT2D eigenvalue weighted by molar-refractivity contribution is 5.81. The highest BCUT2D eigenvalue weighted by Crippen LogP contribution is 2.31. The van der Waals surface area contributed by atoms with E-state index in [1.54, 1.807) is 24.5 Å². The molecule has 1 aromatic carbocycles. The third-order valence-corrected chi connectivity index (χ3v) is 6.27. The Hall–Kier alpha value is -2.76. The second-order valence-corrected chi connectivity index (χ2v) is 8.39. The van der Waals surface area contributed by atoms with Crippen molar-refractivity contribution in [3.05, 3.63) is 65.7 Å². The molecule has 1 aliphatic heterocycles. The average molecular weight is 410 g/mol. The maximum atomic E-state index is 13.2. The zero-order chi connectivity index (χ0) is 20.9. The van der Waals surface area contributed by atoms with Crippen molar-refractivity contribution in [2.75, 3.05) is 13.1 Å². The number of amides is 2. The first-order valence-electron chi connectivity index (χ1n) is 10.8. The molecule has 0 spiro atoms. The lowest BCUT2D eigenvalue weighted by Crippen LogP contribution is -2.53. The fourth-order valence-electron chi connectivity index (χ4n) is 4.29. The van der Waals surface area contributed by atoms with Crippen molar-refractivity contribution in [3.8, 4) is 0 Å². The van der Waals surface area contributed by atoms with Crippen LogP contribution in [-0.4, -0.2) is 45.7 Å². The zero-order valence-electron chi connectivity index (χ0n) is 17.2. The summed E-state index contributed by atoms with van der Waals surface area (Å²) in [5, 5.41) is 0. The maximum Gasteiger partial charge on any atom is 0.227 e. The topological polar surface area (TPSA) is 53.5 Å². The Bertz CT molecular complexity index is 868. The van der Waals surface area contributed by atoms with Gasteiger partial charge in [0.2, 0.25) is 11.8 Å². The molecule has 2 aromatic rings. The first-order valence-corrected chi connectivity index (χ1v) is 10.8. The van der Waals surface area contributed by atoms with E-state index in [9.17, 15) is 14.0 Å². The number of benzene rings is 1. The Balaban J connectivity index is 1.45. The summed E-state index contributed by atoms with van der Waals surface area (Å²) in [6.07, 6.45) is 8.61. The molecule has 0 radical (unpaired) electrons. The van der Waals surface area contributed by atoms with Crippen molar-refractivity contribution >= 4 is 11.8 Å². The van der Waals surface area contributed by atoms with Crippen LogP contribution in [-0.2, 0) is 22.6 Å². The van der Waals surface area contributed by atoms with E-state index in [-0.39, 0.29) is 36.0 Å². The summed E-state index contributed by atoms with van der Waals surface area (Å²) in [6, 6.07) is 9.98. The average Bonchev–Trinajstić information content (AvgIpc) is 2.73. The SMILES string of the molecule is O=C(Cc1ccc(F)cc1)N1CCCC(N(Cc2cccnc2)C(=O)C2CCC2)C1. The van der Waals surface area contributed by atoms with Gasteiger partial charge >= 0.3 is 0 Å². The van der Waals surface area contributed by atoms with E-state index in [2.05, 4.69) is 4.98 Å². The molecule has 0 bridgehead atoms. The number of rotatable bonds is 6. The molecule has 1 aromatic heterocycles. The Kier molecular flexibility index (Phi) is 6.41. The number of halogens is 1. The molecule has 1 saturated carbocycles. The largest absolute Gasteiger partial charge is 0.340 e. The van der Waals surface area contributed by atoms with Gasteiger partial charge in [0, 0.05) is 44.0 Å². The van der Waals surface area contributed by atoms with Crippen LogP contribution in [0.3, 0.4) is 0 Å². The van der Waals surface area contributed by atoms with Crippen molar-refractivity contribution in [2.45, 2.75) is 51.1 Å². The normalized spacial score (nSPS) is 19.2. The Morgan fingerprint density at radius 3 is 2.53 bits per heavy atom. The molecule has 1 saturated heterocycles. The Morgan fingerprint density at radius 2 is 1.87 bits per heavy atom. The van der Waals surface area contributed by atoms with E-state index < -0.39 is 0 Å². The van der Waals surface area contributed by atoms with Crippen molar-refractivity contribution < 1.29 is 14.0 Å². The highest BCUT2D eigenvalue weighted by Gasteiger charge is 2.35. The van der Waals surface area contributed by atoms with E-state index in [1.807, 2.05) is 21.9 Å². The zero-order valence-corrected chi connectivity index (χ0v) is 17.2. The van der Waals surface area contributed by atoms with Crippen LogP contribution < -0.4 is 0 Å². The van der Waals surface area contributed by atoms with Gasteiger partial charge in [-0.15, -0.1) is 0 Å². The van der Waals surface area contributed by atoms with Gasteiger partial charge in [-0.3, -0.25) is 14.6 Å². The smallest absolute Gasteiger partial charge is 0.227 e. The fourth-order valence-corrected chi connectivity index (χ4v) is 4.29. The predicted molar refractivity (Wildman–Crippen MR) is 112 cm³/mol. The summed E-state index contributed by atoms with van der Waals surface area (Å²) < 4.78 is 13.1. The number of carbonyl (C=O) groups excluding carboxylic acids is 2. The molecule has 158 valence electrons. The van der Waals surface area contributed by atoms with Crippen LogP contribution in [0.25, 0.3) is 0 Å². The van der Waals surface area contributed by atoms with Crippen LogP contribution >= 0.6 is 0 Å². The molecule has 2 amide bonds. The van der Waals surface area contributed by atoms with Crippen LogP contribution in [0.15, 0.2) is 48.8 Å². The lowest BCUT2D eigenvalue weighted by Gasteiger charge is -2.42. The number of nitrogens with zero attached hydrogens (tertiary/aromatic N) is 3. The number of carbonyl (C=O) groups is 2. The Morgan fingerprint density at radius 1 is 1.07 bits per heavy atom. The molecule has 2 heterocycles. The summed E-state index contributed by atoms with van der Waals surface area (Å²) in [4.78, 5) is 34.1.